The van der Waals surface area contributed by atoms with Crippen LogP contribution in [0.15, 0.2) is 0 Å². The molecule has 0 saturated heterocycles. The van der Waals surface area contributed by atoms with Crippen molar-refractivity contribution < 1.29 is 14.6 Å². The summed E-state index contributed by atoms with van der Waals surface area (Å²) >= 11 is 0. The third-order valence-electron chi connectivity index (χ3n) is 1.78. The molecule has 12 heavy (non-hydrogen) atoms. The second kappa shape index (κ2) is 7.10. The second-order valence-electron chi connectivity index (χ2n) is 2.84. The van der Waals surface area contributed by atoms with Gasteiger partial charge in [-0.05, 0) is 13.3 Å². The first kappa shape index (κ1) is 11.4. The lowest BCUT2D eigenvalue weighted by molar-refractivity contribution is -0.144. The highest BCUT2D eigenvalue weighted by atomic mass is 16.5. The number of hydrogen-bond acceptors (Lipinski definition) is 2. The molecule has 0 radical (unpaired) electrons. The molecular weight excluding hydrogens is 156 g/mol. The maximum absolute atomic E-state index is 10.6. The molecule has 0 fully saturated rings. The lowest BCUT2D eigenvalue weighted by atomic mass is 10.0. The number of rotatable bonds is 7. The molecule has 1 N–H and O–H groups in total. The van der Waals surface area contributed by atoms with Crippen molar-refractivity contribution in [2.75, 3.05) is 13.2 Å². The van der Waals surface area contributed by atoms with Crippen LogP contribution in [0.5, 0.6) is 0 Å². The molecule has 0 aliphatic heterocycles. The highest BCUT2D eigenvalue weighted by molar-refractivity contribution is 5.70. The predicted molar refractivity (Wildman–Crippen MR) is 47.1 cm³/mol. The Morgan fingerprint density at radius 2 is 2.17 bits per heavy atom. The summed E-state index contributed by atoms with van der Waals surface area (Å²) in [6.45, 7) is 4.88. The molecule has 1 unspecified atom stereocenters. The van der Waals surface area contributed by atoms with Crippen LogP contribution in [0.25, 0.3) is 0 Å². The van der Waals surface area contributed by atoms with E-state index in [0.29, 0.717) is 13.2 Å². The number of aliphatic carboxylic acids is 1. The number of unbranched alkanes of at least 4 members (excludes halogenated alkanes) is 1. The largest absolute Gasteiger partial charge is 0.481 e. The maximum atomic E-state index is 10.6. The van der Waals surface area contributed by atoms with E-state index in [1.54, 1.807) is 0 Å². The zero-order valence-electron chi connectivity index (χ0n) is 7.88. The quantitative estimate of drug-likeness (QED) is 0.641. The first-order valence-electron chi connectivity index (χ1n) is 4.52. The van der Waals surface area contributed by atoms with Crippen LogP contribution in [0.2, 0.25) is 0 Å². The minimum absolute atomic E-state index is 0.315. The van der Waals surface area contributed by atoms with Crippen LogP contribution in [0.3, 0.4) is 0 Å². The topological polar surface area (TPSA) is 46.5 Å². The van der Waals surface area contributed by atoms with Crippen LogP contribution in [-0.4, -0.2) is 24.3 Å². The third kappa shape index (κ3) is 5.13. The molecular formula is C9H18O3. The van der Waals surface area contributed by atoms with E-state index in [2.05, 4.69) is 6.92 Å². The third-order valence-corrected chi connectivity index (χ3v) is 1.78. The number of ether oxygens (including phenoxy) is 1. The molecule has 0 spiro atoms. The van der Waals surface area contributed by atoms with E-state index in [4.69, 9.17) is 9.84 Å². The van der Waals surface area contributed by atoms with Gasteiger partial charge in [-0.15, -0.1) is 0 Å². The van der Waals surface area contributed by atoms with E-state index in [-0.39, 0.29) is 5.92 Å². The van der Waals surface area contributed by atoms with E-state index in [1.165, 1.54) is 0 Å². The lowest BCUT2D eigenvalue weighted by Crippen LogP contribution is -2.19. The molecule has 0 saturated carbocycles. The van der Waals surface area contributed by atoms with Gasteiger partial charge in [-0.1, -0.05) is 19.8 Å². The average Bonchev–Trinajstić information content (AvgIpc) is 2.04. The molecule has 0 aromatic rings. The molecule has 0 rings (SSSR count). The van der Waals surface area contributed by atoms with Crippen molar-refractivity contribution in [3.63, 3.8) is 0 Å². The Hall–Kier alpha value is -0.570. The molecule has 3 nitrogen and oxygen atoms in total. The smallest absolute Gasteiger partial charge is 0.308 e. The normalized spacial score (nSPS) is 12.8. The van der Waals surface area contributed by atoms with Gasteiger partial charge in [0.25, 0.3) is 0 Å². The molecule has 3 heteroatoms. The fourth-order valence-corrected chi connectivity index (χ4v) is 0.989. The Labute approximate surface area is 73.7 Å². The fraction of sp³-hybridized carbons (Fsp3) is 0.889. The standard InChI is InChI=1S/C9H18O3/c1-3-5-6-8(9(10)11)7-12-4-2/h8H,3-7H2,1-2H3,(H,10,11). The van der Waals surface area contributed by atoms with E-state index in [1.807, 2.05) is 6.92 Å². The van der Waals surface area contributed by atoms with E-state index in [9.17, 15) is 4.79 Å². The summed E-state index contributed by atoms with van der Waals surface area (Å²) < 4.78 is 5.07. The molecule has 0 heterocycles. The zero-order valence-corrected chi connectivity index (χ0v) is 7.88. The van der Waals surface area contributed by atoms with Crippen LogP contribution >= 0.6 is 0 Å². The number of carboxylic acids is 1. The van der Waals surface area contributed by atoms with Gasteiger partial charge in [0.05, 0.1) is 12.5 Å². The van der Waals surface area contributed by atoms with Gasteiger partial charge in [-0.25, -0.2) is 0 Å². The van der Waals surface area contributed by atoms with Crippen LogP contribution in [0.1, 0.15) is 33.1 Å². The number of carboxylic acid groups (broad SMARTS) is 1. The summed E-state index contributed by atoms with van der Waals surface area (Å²) in [6, 6.07) is 0. The molecule has 0 aliphatic rings. The van der Waals surface area contributed by atoms with Crippen LogP contribution in [0, 0.1) is 5.92 Å². The highest BCUT2D eigenvalue weighted by Gasteiger charge is 2.15. The summed E-state index contributed by atoms with van der Waals surface area (Å²) in [7, 11) is 0. The van der Waals surface area contributed by atoms with Gasteiger partial charge < -0.3 is 9.84 Å². The van der Waals surface area contributed by atoms with Gasteiger partial charge in [0.15, 0.2) is 0 Å². The average molecular weight is 174 g/mol. The fourth-order valence-electron chi connectivity index (χ4n) is 0.989. The van der Waals surface area contributed by atoms with Crippen molar-refractivity contribution in [3.05, 3.63) is 0 Å². The van der Waals surface area contributed by atoms with Crippen molar-refractivity contribution in [2.45, 2.75) is 33.1 Å². The lowest BCUT2D eigenvalue weighted by Gasteiger charge is -2.10. The molecule has 0 aromatic carbocycles. The molecule has 0 aliphatic carbocycles. The minimum atomic E-state index is -0.739. The predicted octanol–water partition coefficient (Wildman–Crippen LogP) is 1.91. The molecule has 0 bridgehead atoms. The first-order valence-corrected chi connectivity index (χ1v) is 4.52. The molecule has 0 aromatic heterocycles. The van der Waals surface area contributed by atoms with Crippen molar-refractivity contribution in [1.29, 1.82) is 0 Å². The number of carbonyl (C=O) groups is 1. The van der Waals surface area contributed by atoms with Gasteiger partial charge in [-0.2, -0.15) is 0 Å². The van der Waals surface area contributed by atoms with Crippen molar-refractivity contribution in [3.8, 4) is 0 Å². The summed E-state index contributed by atoms with van der Waals surface area (Å²) in [4.78, 5) is 10.6. The van der Waals surface area contributed by atoms with Crippen LogP contribution in [0.4, 0.5) is 0 Å². The Morgan fingerprint density at radius 3 is 2.58 bits per heavy atom. The summed E-state index contributed by atoms with van der Waals surface area (Å²) in [5.74, 6) is -1.05. The van der Waals surface area contributed by atoms with Gasteiger partial charge in [-0.3, -0.25) is 4.79 Å². The highest BCUT2D eigenvalue weighted by Crippen LogP contribution is 2.09. The molecule has 1 atom stereocenters. The van der Waals surface area contributed by atoms with Crippen molar-refractivity contribution >= 4 is 5.97 Å². The zero-order chi connectivity index (χ0) is 9.40. The molecule has 0 amide bonds. The minimum Gasteiger partial charge on any atom is -0.481 e. The Morgan fingerprint density at radius 1 is 1.50 bits per heavy atom. The van der Waals surface area contributed by atoms with E-state index < -0.39 is 5.97 Å². The first-order chi connectivity index (χ1) is 5.72. The Bertz CT molecular complexity index is 115. The summed E-state index contributed by atoms with van der Waals surface area (Å²) in [5.41, 5.74) is 0. The Balaban J connectivity index is 3.62. The second-order valence-corrected chi connectivity index (χ2v) is 2.84. The van der Waals surface area contributed by atoms with Gasteiger partial charge in [0.2, 0.25) is 0 Å². The van der Waals surface area contributed by atoms with E-state index in [0.717, 1.165) is 19.3 Å². The van der Waals surface area contributed by atoms with Crippen molar-refractivity contribution in [1.82, 2.24) is 0 Å². The maximum Gasteiger partial charge on any atom is 0.308 e. The van der Waals surface area contributed by atoms with Gasteiger partial charge in [0.1, 0.15) is 0 Å². The van der Waals surface area contributed by atoms with Crippen LogP contribution in [-0.2, 0) is 9.53 Å². The number of hydrogen-bond donors (Lipinski definition) is 1. The van der Waals surface area contributed by atoms with Crippen LogP contribution < -0.4 is 0 Å². The van der Waals surface area contributed by atoms with Gasteiger partial charge in [0, 0.05) is 6.61 Å². The van der Waals surface area contributed by atoms with E-state index >= 15 is 0 Å². The van der Waals surface area contributed by atoms with Crippen molar-refractivity contribution in [2.24, 2.45) is 5.92 Å². The van der Waals surface area contributed by atoms with Gasteiger partial charge >= 0.3 is 5.97 Å². The summed E-state index contributed by atoms with van der Waals surface area (Å²) in [5, 5.41) is 8.75. The summed E-state index contributed by atoms with van der Waals surface area (Å²) in [6.07, 6.45) is 2.73. The monoisotopic (exact) mass is 174 g/mol. The SMILES string of the molecule is CCCCC(COCC)C(=O)O. The molecule has 72 valence electrons. The Kier molecular flexibility index (Phi) is 6.76.